The summed E-state index contributed by atoms with van der Waals surface area (Å²) in [6.45, 7) is 1.91. The minimum Gasteiger partial charge on any atom is -0.399 e. The van der Waals surface area contributed by atoms with Crippen LogP contribution in [0.2, 0.25) is 0 Å². The van der Waals surface area contributed by atoms with E-state index < -0.39 is 0 Å². The number of rotatable bonds is 2. The summed E-state index contributed by atoms with van der Waals surface area (Å²) >= 11 is 0. The van der Waals surface area contributed by atoms with Gasteiger partial charge in [-0.25, -0.2) is 9.97 Å². The lowest BCUT2D eigenvalue weighted by molar-refractivity contribution is 1.22. The van der Waals surface area contributed by atoms with Gasteiger partial charge in [0.15, 0.2) is 0 Å². The zero-order valence-corrected chi connectivity index (χ0v) is 11.5. The molecule has 3 N–H and O–H groups in total. The number of hydrogen-bond donors (Lipinski definition) is 2. The van der Waals surface area contributed by atoms with Crippen LogP contribution in [0.15, 0.2) is 42.7 Å². The van der Waals surface area contributed by atoms with E-state index in [1.807, 2.05) is 31.2 Å². The maximum Gasteiger partial charge on any atom is 0.141 e. The maximum atomic E-state index is 9.29. The van der Waals surface area contributed by atoms with Crippen LogP contribution in [0.4, 0.5) is 17.2 Å². The quantitative estimate of drug-likeness (QED) is 0.701. The second kappa shape index (κ2) is 5.10. The van der Waals surface area contributed by atoms with Crippen molar-refractivity contribution in [2.75, 3.05) is 11.1 Å². The molecule has 0 fully saturated rings. The first kappa shape index (κ1) is 12.9. The Morgan fingerprint density at radius 3 is 2.86 bits per heavy atom. The Labute approximate surface area is 122 Å². The summed E-state index contributed by atoms with van der Waals surface area (Å²) < 4.78 is 0. The topological polar surface area (TPSA) is 87.6 Å². The standard InChI is InChI=1S/C16H13N5/c1-10-3-2-4-14(13(10)8-17)21-16-12-6-5-11(18)7-15(12)19-9-20-16/h2-7,9H,18H2,1H3,(H,19,20,21). The van der Waals surface area contributed by atoms with Gasteiger partial charge in [-0.3, -0.25) is 0 Å². The molecule has 0 saturated carbocycles. The molecule has 1 aromatic heterocycles. The van der Waals surface area contributed by atoms with Crippen molar-refractivity contribution in [1.29, 1.82) is 5.26 Å². The predicted molar refractivity (Wildman–Crippen MR) is 83.1 cm³/mol. The molecule has 5 nitrogen and oxygen atoms in total. The number of nitrogens with one attached hydrogen (secondary N) is 1. The first-order valence-electron chi connectivity index (χ1n) is 6.46. The Balaban J connectivity index is 2.11. The molecule has 21 heavy (non-hydrogen) atoms. The lowest BCUT2D eigenvalue weighted by atomic mass is 10.1. The number of aromatic nitrogens is 2. The van der Waals surface area contributed by atoms with Crippen LogP contribution < -0.4 is 11.1 Å². The summed E-state index contributed by atoms with van der Waals surface area (Å²) in [7, 11) is 0. The van der Waals surface area contributed by atoms with Crippen molar-refractivity contribution in [2.24, 2.45) is 0 Å². The Morgan fingerprint density at radius 1 is 1.19 bits per heavy atom. The third-order valence-corrected chi connectivity index (χ3v) is 3.30. The number of nitrogens with two attached hydrogens (primary N) is 1. The van der Waals surface area contributed by atoms with E-state index in [4.69, 9.17) is 5.73 Å². The predicted octanol–water partition coefficient (Wildman–Crippen LogP) is 3.14. The first-order valence-corrected chi connectivity index (χ1v) is 6.46. The van der Waals surface area contributed by atoms with Crippen molar-refractivity contribution in [3.8, 4) is 6.07 Å². The van der Waals surface area contributed by atoms with Crippen LogP contribution in [0.1, 0.15) is 11.1 Å². The molecule has 0 saturated heterocycles. The molecule has 3 aromatic rings. The summed E-state index contributed by atoms with van der Waals surface area (Å²) in [6.07, 6.45) is 1.48. The summed E-state index contributed by atoms with van der Waals surface area (Å²) in [5.41, 5.74) is 9.45. The molecule has 0 aliphatic rings. The van der Waals surface area contributed by atoms with E-state index in [2.05, 4.69) is 21.4 Å². The smallest absolute Gasteiger partial charge is 0.141 e. The number of benzene rings is 2. The molecule has 0 aliphatic heterocycles. The number of nitrogen functional groups attached to an aromatic ring is 1. The van der Waals surface area contributed by atoms with Gasteiger partial charge in [-0.1, -0.05) is 12.1 Å². The zero-order chi connectivity index (χ0) is 14.8. The molecule has 0 atom stereocenters. The highest BCUT2D eigenvalue weighted by Gasteiger charge is 2.08. The highest BCUT2D eigenvalue weighted by Crippen LogP contribution is 2.27. The molecule has 0 spiro atoms. The minimum atomic E-state index is 0.611. The number of anilines is 3. The first-order chi connectivity index (χ1) is 10.2. The summed E-state index contributed by atoms with van der Waals surface area (Å²) in [5, 5.41) is 13.4. The Morgan fingerprint density at radius 2 is 2.05 bits per heavy atom. The van der Waals surface area contributed by atoms with Gasteiger partial charge in [-0.15, -0.1) is 0 Å². The fourth-order valence-electron chi connectivity index (χ4n) is 2.22. The normalized spacial score (nSPS) is 10.3. The van der Waals surface area contributed by atoms with Gasteiger partial charge in [0.1, 0.15) is 18.2 Å². The van der Waals surface area contributed by atoms with E-state index in [0.29, 0.717) is 17.1 Å². The fraction of sp³-hybridized carbons (Fsp3) is 0.0625. The minimum absolute atomic E-state index is 0.611. The largest absolute Gasteiger partial charge is 0.399 e. The van der Waals surface area contributed by atoms with Crippen molar-refractivity contribution in [2.45, 2.75) is 6.92 Å². The molecule has 5 heteroatoms. The van der Waals surface area contributed by atoms with Gasteiger partial charge in [-0.2, -0.15) is 5.26 Å². The average molecular weight is 275 g/mol. The van der Waals surface area contributed by atoms with Gasteiger partial charge in [0.25, 0.3) is 0 Å². The van der Waals surface area contributed by atoms with E-state index in [1.165, 1.54) is 6.33 Å². The number of nitrogens with zero attached hydrogens (tertiary/aromatic N) is 3. The molecule has 102 valence electrons. The zero-order valence-electron chi connectivity index (χ0n) is 11.5. The van der Waals surface area contributed by atoms with E-state index in [1.54, 1.807) is 12.1 Å². The molecule has 3 rings (SSSR count). The molecular formula is C16H13N5. The second-order valence-corrected chi connectivity index (χ2v) is 4.73. The van der Waals surface area contributed by atoms with Crippen molar-refractivity contribution in [1.82, 2.24) is 9.97 Å². The highest BCUT2D eigenvalue weighted by atomic mass is 15.0. The Hall–Kier alpha value is -3.13. The van der Waals surface area contributed by atoms with Crippen LogP contribution in [0.5, 0.6) is 0 Å². The Bertz CT molecular complexity index is 864. The van der Waals surface area contributed by atoms with Crippen LogP contribution in [-0.2, 0) is 0 Å². The van der Waals surface area contributed by atoms with Gasteiger partial charge in [0.2, 0.25) is 0 Å². The molecule has 1 heterocycles. The molecular weight excluding hydrogens is 262 g/mol. The van der Waals surface area contributed by atoms with Crippen LogP contribution in [0, 0.1) is 18.3 Å². The maximum absolute atomic E-state index is 9.29. The number of fused-ring (bicyclic) bond motifs is 1. The third kappa shape index (κ3) is 2.35. The second-order valence-electron chi connectivity index (χ2n) is 4.73. The van der Waals surface area contributed by atoms with E-state index in [-0.39, 0.29) is 0 Å². The van der Waals surface area contributed by atoms with Crippen molar-refractivity contribution >= 4 is 28.1 Å². The van der Waals surface area contributed by atoms with Gasteiger partial charge in [0, 0.05) is 11.1 Å². The summed E-state index contributed by atoms with van der Waals surface area (Å²) in [5.74, 6) is 0.655. The lowest BCUT2D eigenvalue weighted by Gasteiger charge is -2.11. The van der Waals surface area contributed by atoms with E-state index >= 15 is 0 Å². The van der Waals surface area contributed by atoms with Crippen LogP contribution in [0.25, 0.3) is 10.9 Å². The Kier molecular flexibility index (Phi) is 3.13. The number of hydrogen-bond acceptors (Lipinski definition) is 5. The highest BCUT2D eigenvalue weighted by molar-refractivity contribution is 5.92. The average Bonchev–Trinajstić information content (AvgIpc) is 2.47. The lowest BCUT2D eigenvalue weighted by Crippen LogP contribution is -1.99. The van der Waals surface area contributed by atoms with Crippen molar-refractivity contribution in [3.05, 3.63) is 53.9 Å². The molecule has 0 radical (unpaired) electrons. The monoisotopic (exact) mass is 275 g/mol. The van der Waals surface area contributed by atoms with Gasteiger partial charge >= 0.3 is 0 Å². The summed E-state index contributed by atoms with van der Waals surface area (Å²) in [4.78, 5) is 8.47. The molecule has 2 aromatic carbocycles. The number of nitriles is 1. The van der Waals surface area contributed by atoms with Crippen LogP contribution in [0.3, 0.4) is 0 Å². The van der Waals surface area contributed by atoms with Crippen LogP contribution >= 0.6 is 0 Å². The number of aryl methyl sites for hydroxylation is 1. The van der Waals surface area contributed by atoms with Crippen molar-refractivity contribution < 1.29 is 0 Å². The van der Waals surface area contributed by atoms with Gasteiger partial charge in [-0.05, 0) is 36.8 Å². The van der Waals surface area contributed by atoms with E-state index in [0.717, 1.165) is 22.2 Å². The summed E-state index contributed by atoms with van der Waals surface area (Å²) in [6, 6.07) is 13.4. The van der Waals surface area contributed by atoms with Crippen molar-refractivity contribution in [3.63, 3.8) is 0 Å². The fourth-order valence-corrected chi connectivity index (χ4v) is 2.22. The molecule has 0 bridgehead atoms. The molecule has 0 aliphatic carbocycles. The third-order valence-electron chi connectivity index (χ3n) is 3.30. The van der Waals surface area contributed by atoms with Gasteiger partial charge in [0.05, 0.1) is 16.8 Å². The van der Waals surface area contributed by atoms with Gasteiger partial charge < -0.3 is 11.1 Å². The van der Waals surface area contributed by atoms with Crippen LogP contribution in [-0.4, -0.2) is 9.97 Å². The molecule has 0 amide bonds. The SMILES string of the molecule is Cc1cccc(Nc2ncnc3cc(N)ccc23)c1C#N. The van der Waals surface area contributed by atoms with E-state index in [9.17, 15) is 5.26 Å². The molecule has 0 unspecified atom stereocenters.